The zero-order valence-electron chi connectivity index (χ0n) is 11.4. The van der Waals surface area contributed by atoms with Crippen molar-refractivity contribution < 1.29 is 5.11 Å². The Morgan fingerprint density at radius 3 is 2.78 bits per heavy atom. The van der Waals surface area contributed by atoms with Crippen LogP contribution in [-0.4, -0.2) is 35.2 Å². The monoisotopic (exact) mass is 247 g/mol. The van der Waals surface area contributed by atoms with Gasteiger partial charge in [-0.05, 0) is 37.8 Å². The molecule has 100 valence electrons. The van der Waals surface area contributed by atoms with E-state index in [0.29, 0.717) is 6.04 Å². The second-order valence-corrected chi connectivity index (χ2v) is 5.42. The molecule has 2 heteroatoms. The number of nitrogens with zero attached hydrogens (tertiary/aromatic N) is 1. The Morgan fingerprint density at radius 2 is 2.11 bits per heavy atom. The maximum Gasteiger partial charge on any atom is 0.0667 e. The first-order valence-electron chi connectivity index (χ1n) is 7.25. The summed E-state index contributed by atoms with van der Waals surface area (Å²) >= 11 is 0. The van der Waals surface area contributed by atoms with Gasteiger partial charge in [0, 0.05) is 12.6 Å². The SMILES string of the molecule is CCCC(Cc1ccccc1)N1CCCC(O)C1. The molecule has 1 saturated heterocycles. The summed E-state index contributed by atoms with van der Waals surface area (Å²) in [5.74, 6) is 0. The lowest BCUT2D eigenvalue weighted by Crippen LogP contribution is -2.45. The Morgan fingerprint density at radius 1 is 1.33 bits per heavy atom. The van der Waals surface area contributed by atoms with Gasteiger partial charge in [0.05, 0.1) is 6.10 Å². The molecule has 1 N–H and O–H groups in total. The van der Waals surface area contributed by atoms with Crippen molar-refractivity contribution in [2.45, 2.75) is 51.2 Å². The minimum Gasteiger partial charge on any atom is -0.392 e. The largest absolute Gasteiger partial charge is 0.392 e. The van der Waals surface area contributed by atoms with Gasteiger partial charge in [0.25, 0.3) is 0 Å². The van der Waals surface area contributed by atoms with Gasteiger partial charge in [-0.1, -0.05) is 43.7 Å². The van der Waals surface area contributed by atoms with Crippen LogP contribution in [0.4, 0.5) is 0 Å². The minimum atomic E-state index is -0.117. The number of hydrogen-bond acceptors (Lipinski definition) is 2. The number of likely N-dealkylation sites (tertiary alicyclic amines) is 1. The van der Waals surface area contributed by atoms with Crippen LogP contribution in [0.1, 0.15) is 38.2 Å². The highest BCUT2D eigenvalue weighted by atomic mass is 16.3. The molecular formula is C16H25NO. The molecule has 0 aliphatic carbocycles. The Kier molecular flexibility index (Phi) is 5.21. The predicted molar refractivity (Wildman–Crippen MR) is 75.7 cm³/mol. The third kappa shape index (κ3) is 3.82. The van der Waals surface area contributed by atoms with Crippen molar-refractivity contribution in [2.24, 2.45) is 0 Å². The van der Waals surface area contributed by atoms with Crippen LogP contribution in [0.25, 0.3) is 0 Å². The number of piperidine rings is 1. The van der Waals surface area contributed by atoms with E-state index in [4.69, 9.17) is 0 Å². The highest BCUT2D eigenvalue weighted by molar-refractivity contribution is 5.16. The molecule has 2 rings (SSSR count). The summed E-state index contributed by atoms with van der Waals surface area (Å²) in [5.41, 5.74) is 1.41. The van der Waals surface area contributed by atoms with Gasteiger partial charge in [0.1, 0.15) is 0 Å². The van der Waals surface area contributed by atoms with E-state index >= 15 is 0 Å². The molecule has 0 aromatic heterocycles. The van der Waals surface area contributed by atoms with E-state index in [2.05, 4.69) is 42.2 Å². The van der Waals surface area contributed by atoms with Crippen LogP contribution in [0.5, 0.6) is 0 Å². The molecule has 1 aromatic rings. The summed E-state index contributed by atoms with van der Waals surface area (Å²) in [7, 11) is 0. The highest BCUT2D eigenvalue weighted by Gasteiger charge is 2.24. The molecule has 2 atom stereocenters. The van der Waals surface area contributed by atoms with Crippen molar-refractivity contribution in [3.63, 3.8) is 0 Å². The van der Waals surface area contributed by atoms with Crippen LogP contribution < -0.4 is 0 Å². The fourth-order valence-corrected chi connectivity index (χ4v) is 2.95. The molecule has 1 aliphatic heterocycles. The topological polar surface area (TPSA) is 23.5 Å². The first-order valence-corrected chi connectivity index (χ1v) is 7.25. The van der Waals surface area contributed by atoms with E-state index in [-0.39, 0.29) is 6.10 Å². The molecule has 2 nitrogen and oxygen atoms in total. The van der Waals surface area contributed by atoms with Gasteiger partial charge in [0.15, 0.2) is 0 Å². The molecule has 0 saturated carbocycles. The molecule has 0 bridgehead atoms. The average molecular weight is 247 g/mol. The molecule has 2 unspecified atom stereocenters. The Hall–Kier alpha value is -0.860. The van der Waals surface area contributed by atoms with Crippen molar-refractivity contribution in [1.82, 2.24) is 4.90 Å². The quantitative estimate of drug-likeness (QED) is 0.865. The van der Waals surface area contributed by atoms with Gasteiger partial charge in [0.2, 0.25) is 0 Å². The van der Waals surface area contributed by atoms with Crippen molar-refractivity contribution in [3.05, 3.63) is 35.9 Å². The summed E-state index contributed by atoms with van der Waals surface area (Å²) in [6, 6.07) is 11.3. The zero-order valence-corrected chi connectivity index (χ0v) is 11.4. The Bertz CT molecular complexity index is 338. The third-order valence-electron chi connectivity index (χ3n) is 3.88. The van der Waals surface area contributed by atoms with Crippen molar-refractivity contribution in [3.8, 4) is 0 Å². The molecule has 1 heterocycles. The molecular weight excluding hydrogens is 222 g/mol. The number of aliphatic hydroxyl groups excluding tert-OH is 1. The van der Waals surface area contributed by atoms with Gasteiger partial charge in [-0.3, -0.25) is 4.90 Å². The number of benzene rings is 1. The van der Waals surface area contributed by atoms with E-state index in [1.54, 1.807) is 0 Å². The maximum absolute atomic E-state index is 9.82. The summed E-state index contributed by atoms with van der Waals surface area (Å²) in [4.78, 5) is 2.49. The summed E-state index contributed by atoms with van der Waals surface area (Å²) < 4.78 is 0. The van der Waals surface area contributed by atoms with Gasteiger partial charge in [-0.15, -0.1) is 0 Å². The number of rotatable bonds is 5. The number of β-amino-alcohol motifs (C(OH)–C–C–N with tert-alkyl or cyclic N) is 1. The highest BCUT2D eigenvalue weighted by Crippen LogP contribution is 2.19. The van der Waals surface area contributed by atoms with Crippen molar-refractivity contribution in [2.75, 3.05) is 13.1 Å². The molecule has 1 aromatic carbocycles. The van der Waals surface area contributed by atoms with Gasteiger partial charge in [-0.2, -0.15) is 0 Å². The summed E-state index contributed by atoms with van der Waals surface area (Å²) in [5, 5.41) is 9.82. The molecule has 1 aliphatic rings. The average Bonchev–Trinajstić information content (AvgIpc) is 2.39. The fourth-order valence-electron chi connectivity index (χ4n) is 2.95. The van der Waals surface area contributed by atoms with E-state index in [9.17, 15) is 5.11 Å². The normalized spacial score (nSPS) is 22.9. The first kappa shape index (κ1) is 13.6. The standard InChI is InChI=1S/C16H25NO/c1-2-7-15(12-14-8-4-3-5-9-14)17-11-6-10-16(18)13-17/h3-5,8-9,15-16,18H,2,6-7,10-13H2,1H3. The summed E-state index contributed by atoms with van der Waals surface area (Å²) in [6.07, 6.45) is 5.54. The van der Waals surface area contributed by atoms with E-state index in [1.807, 2.05) is 0 Å². The Balaban J connectivity index is 1.98. The lowest BCUT2D eigenvalue weighted by Gasteiger charge is -2.36. The number of hydrogen-bond donors (Lipinski definition) is 1. The number of aliphatic hydroxyl groups is 1. The van der Waals surface area contributed by atoms with E-state index < -0.39 is 0 Å². The molecule has 0 spiro atoms. The smallest absolute Gasteiger partial charge is 0.0667 e. The van der Waals surface area contributed by atoms with Crippen LogP contribution in [0.2, 0.25) is 0 Å². The Labute approximate surface area is 111 Å². The zero-order chi connectivity index (χ0) is 12.8. The van der Waals surface area contributed by atoms with Crippen molar-refractivity contribution >= 4 is 0 Å². The van der Waals surface area contributed by atoms with E-state index in [1.165, 1.54) is 18.4 Å². The molecule has 1 fully saturated rings. The van der Waals surface area contributed by atoms with Crippen LogP contribution in [0, 0.1) is 0 Å². The van der Waals surface area contributed by atoms with E-state index in [0.717, 1.165) is 32.4 Å². The minimum absolute atomic E-state index is 0.117. The second-order valence-electron chi connectivity index (χ2n) is 5.42. The van der Waals surface area contributed by atoms with Crippen LogP contribution >= 0.6 is 0 Å². The first-order chi connectivity index (χ1) is 8.79. The van der Waals surface area contributed by atoms with Gasteiger partial charge >= 0.3 is 0 Å². The predicted octanol–water partition coefficient (Wildman–Crippen LogP) is 2.85. The second kappa shape index (κ2) is 6.91. The van der Waals surface area contributed by atoms with Gasteiger partial charge < -0.3 is 5.11 Å². The maximum atomic E-state index is 9.82. The third-order valence-corrected chi connectivity index (χ3v) is 3.88. The lowest BCUT2D eigenvalue weighted by atomic mass is 9.97. The molecule has 0 amide bonds. The molecule has 18 heavy (non-hydrogen) atoms. The van der Waals surface area contributed by atoms with Crippen molar-refractivity contribution in [1.29, 1.82) is 0 Å². The lowest BCUT2D eigenvalue weighted by molar-refractivity contribution is 0.0438. The fraction of sp³-hybridized carbons (Fsp3) is 0.625. The summed E-state index contributed by atoms with van der Waals surface area (Å²) in [6.45, 7) is 4.25. The van der Waals surface area contributed by atoms with Gasteiger partial charge in [-0.25, -0.2) is 0 Å². The van der Waals surface area contributed by atoms with Crippen LogP contribution in [-0.2, 0) is 6.42 Å². The molecule has 0 radical (unpaired) electrons. The van der Waals surface area contributed by atoms with Crippen LogP contribution in [0.3, 0.4) is 0 Å². The van der Waals surface area contributed by atoms with Crippen LogP contribution in [0.15, 0.2) is 30.3 Å².